The van der Waals surface area contributed by atoms with E-state index in [9.17, 15) is 8.42 Å². The van der Waals surface area contributed by atoms with Crippen LogP contribution in [0.1, 0.15) is 20.3 Å². The molecule has 0 spiro atoms. The molecule has 1 rings (SSSR count). The average molecular weight is 371 g/mol. The molecule has 1 aromatic carbocycles. The molecule has 0 aliphatic carbocycles. The predicted molar refractivity (Wildman–Crippen MR) is 92.5 cm³/mol. The van der Waals surface area contributed by atoms with Gasteiger partial charge in [0.15, 0.2) is 0 Å². The number of sulfonamides is 1. The Labute approximate surface area is 144 Å². The van der Waals surface area contributed by atoms with E-state index >= 15 is 0 Å². The Balaban J connectivity index is 0.00000441. The number of hydrogen-bond donors (Lipinski definition) is 1. The first kappa shape index (κ1) is 21.5. The third kappa shape index (κ3) is 5.28. The molecule has 0 fully saturated rings. The van der Waals surface area contributed by atoms with Gasteiger partial charge in [-0.15, -0.1) is 12.4 Å². The standard InChI is InChI=1S/C14H23ClN2O3S.ClH/c1-10(2)13(16)7-8-17(3)21(18,19)11-5-6-14(20-4)12(15)9-11;/h5-6,9-10,13H,7-8,16H2,1-4H3;1H. The first-order valence-corrected chi connectivity index (χ1v) is 8.57. The van der Waals surface area contributed by atoms with Gasteiger partial charge in [-0.3, -0.25) is 0 Å². The molecule has 2 N–H and O–H groups in total. The highest BCUT2D eigenvalue weighted by Gasteiger charge is 2.22. The summed E-state index contributed by atoms with van der Waals surface area (Å²) in [6.45, 7) is 4.40. The van der Waals surface area contributed by atoms with Crippen LogP contribution in [0.4, 0.5) is 0 Å². The second kappa shape index (κ2) is 8.93. The van der Waals surface area contributed by atoms with Gasteiger partial charge in [0, 0.05) is 19.6 Å². The van der Waals surface area contributed by atoms with Gasteiger partial charge in [-0.1, -0.05) is 25.4 Å². The summed E-state index contributed by atoms with van der Waals surface area (Å²) in [4.78, 5) is 0.147. The Morgan fingerprint density at radius 3 is 2.41 bits per heavy atom. The molecular weight excluding hydrogens is 347 g/mol. The average Bonchev–Trinajstić information content (AvgIpc) is 2.43. The van der Waals surface area contributed by atoms with Crippen LogP contribution in [-0.2, 0) is 10.0 Å². The fourth-order valence-corrected chi connectivity index (χ4v) is 3.31. The zero-order valence-electron chi connectivity index (χ0n) is 13.2. The second-order valence-corrected chi connectivity index (χ2v) is 7.77. The number of nitrogens with two attached hydrogens (primary N) is 1. The summed E-state index contributed by atoms with van der Waals surface area (Å²) in [5, 5.41) is 0.269. The number of benzene rings is 1. The van der Waals surface area contributed by atoms with Crippen molar-refractivity contribution in [3.63, 3.8) is 0 Å². The molecule has 0 aliphatic heterocycles. The van der Waals surface area contributed by atoms with Crippen LogP contribution in [0.15, 0.2) is 23.1 Å². The van der Waals surface area contributed by atoms with Crippen molar-refractivity contribution in [2.24, 2.45) is 11.7 Å². The number of methoxy groups -OCH3 is 1. The van der Waals surface area contributed by atoms with E-state index in [1.54, 1.807) is 13.1 Å². The minimum Gasteiger partial charge on any atom is -0.495 e. The molecule has 0 saturated carbocycles. The van der Waals surface area contributed by atoms with Crippen LogP contribution in [0.5, 0.6) is 5.75 Å². The van der Waals surface area contributed by atoms with E-state index in [4.69, 9.17) is 22.1 Å². The van der Waals surface area contributed by atoms with E-state index in [0.29, 0.717) is 24.6 Å². The predicted octanol–water partition coefficient (Wildman–Crippen LogP) is 2.76. The minimum absolute atomic E-state index is 0. The van der Waals surface area contributed by atoms with Crippen LogP contribution in [0, 0.1) is 5.92 Å². The number of rotatable bonds is 7. The number of nitrogens with zero attached hydrogens (tertiary/aromatic N) is 1. The lowest BCUT2D eigenvalue weighted by Gasteiger charge is -2.21. The highest BCUT2D eigenvalue weighted by atomic mass is 35.5. The molecule has 0 radical (unpaired) electrons. The van der Waals surface area contributed by atoms with Crippen molar-refractivity contribution in [3.8, 4) is 5.75 Å². The minimum atomic E-state index is -3.57. The highest BCUT2D eigenvalue weighted by Crippen LogP contribution is 2.28. The van der Waals surface area contributed by atoms with E-state index in [1.165, 1.54) is 23.5 Å². The molecule has 22 heavy (non-hydrogen) atoms. The molecule has 0 aromatic heterocycles. The van der Waals surface area contributed by atoms with Gasteiger partial charge < -0.3 is 10.5 Å². The number of hydrogen-bond acceptors (Lipinski definition) is 4. The van der Waals surface area contributed by atoms with Gasteiger partial charge in [0.1, 0.15) is 5.75 Å². The van der Waals surface area contributed by atoms with Crippen LogP contribution in [0.3, 0.4) is 0 Å². The zero-order chi connectivity index (χ0) is 16.2. The van der Waals surface area contributed by atoms with Gasteiger partial charge >= 0.3 is 0 Å². The molecule has 128 valence electrons. The van der Waals surface area contributed by atoms with Crippen LogP contribution in [-0.4, -0.2) is 39.5 Å². The third-order valence-corrected chi connectivity index (χ3v) is 5.61. The van der Waals surface area contributed by atoms with Crippen molar-refractivity contribution in [2.75, 3.05) is 20.7 Å². The Morgan fingerprint density at radius 1 is 1.36 bits per heavy atom. The van der Waals surface area contributed by atoms with Gasteiger partial charge in [-0.2, -0.15) is 0 Å². The van der Waals surface area contributed by atoms with E-state index in [-0.39, 0.29) is 28.4 Å². The van der Waals surface area contributed by atoms with Gasteiger partial charge in [0.25, 0.3) is 0 Å². The van der Waals surface area contributed by atoms with Crippen molar-refractivity contribution >= 4 is 34.0 Å². The monoisotopic (exact) mass is 370 g/mol. The Hall–Kier alpha value is -0.530. The van der Waals surface area contributed by atoms with E-state index < -0.39 is 10.0 Å². The molecule has 1 aromatic rings. The largest absolute Gasteiger partial charge is 0.495 e. The first-order chi connectivity index (χ1) is 9.70. The molecule has 0 saturated heterocycles. The summed E-state index contributed by atoms with van der Waals surface area (Å²) in [5.74, 6) is 0.761. The quantitative estimate of drug-likeness (QED) is 0.800. The summed E-state index contributed by atoms with van der Waals surface area (Å²) >= 11 is 5.98. The summed E-state index contributed by atoms with van der Waals surface area (Å²) in [5.41, 5.74) is 5.95. The van der Waals surface area contributed by atoms with Crippen LogP contribution in [0.25, 0.3) is 0 Å². The lowest BCUT2D eigenvalue weighted by atomic mass is 10.0. The number of halogens is 2. The SMILES string of the molecule is COc1ccc(S(=O)(=O)N(C)CCC(N)C(C)C)cc1Cl.Cl. The normalized spacial score (nSPS) is 13.1. The molecule has 0 aliphatic rings. The molecule has 5 nitrogen and oxygen atoms in total. The maximum Gasteiger partial charge on any atom is 0.242 e. The van der Waals surface area contributed by atoms with Crippen molar-refractivity contribution in [2.45, 2.75) is 31.2 Å². The van der Waals surface area contributed by atoms with Gasteiger partial charge in [0.2, 0.25) is 10.0 Å². The van der Waals surface area contributed by atoms with Gasteiger partial charge in [0.05, 0.1) is 17.0 Å². The summed E-state index contributed by atoms with van der Waals surface area (Å²) in [6.07, 6.45) is 0.608. The molecule has 0 heterocycles. The molecular formula is C14H24Cl2N2O3S. The van der Waals surface area contributed by atoms with Gasteiger partial charge in [-0.25, -0.2) is 12.7 Å². The fraction of sp³-hybridized carbons (Fsp3) is 0.571. The second-order valence-electron chi connectivity index (χ2n) is 5.32. The van der Waals surface area contributed by atoms with Crippen molar-refractivity contribution < 1.29 is 13.2 Å². The van der Waals surface area contributed by atoms with Crippen LogP contribution in [0.2, 0.25) is 5.02 Å². The first-order valence-electron chi connectivity index (χ1n) is 6.75. The van der Waals surface area contributed by atoms with Crippen LogP contribution >= 0.6 is 24.0 Å². The Kier molecular flexibility index (Phi) is 8.72. The Bertz CT molecular complexity index is 579. The summed E-state index contributed by atoms with van der Waals surface area (Å²) in [7, 11) is -0.547. The molecule has 8 heteroatoms. The topological polar surface area (TPSA) is 72.6 Å². The van der Waals surface area contributed by atoms with E-state index in [0.717, 1.165) is 0 Å². The maximum absolute atomic E-state index is 12.5. The van der Waals surface area contributed by atoms with Crippen molar-refractivity contribution in [1.29, 1.82) is 0 Å². The summed E-state index contributed by atoms with van der Waals surface area (Å²) < 4.78 is 31.2. The van der Waals surface area contributed by atoms with Gasteiger partial charge in [-0.05, 0) is 30.5 Å². The highest BCUT2D eigenvalue weighted by molar-refractivity contribution is 7.89. The Morgan fingerprint density at radius 2 is 1.95 bits per heavy atom. The lowest BCUT2D eigenvalue weighted by molar-refractivity contribution is 0.397. The number of ether oxygens (including phenoxy) is 1. The fourth-order valence-electron chi connectivity index (χ4n) is 1.77. The summed E-state index contributed by atoms with van der Waals surface area (Å²) in [6, 6.07) is 4.40. The molecule has 1 atom stereocenters. The maximum atomic E-state index is 12.5. The molecule has 0 amide bonds. The molecule has 0 bridgehead atoms. The van der Waals surface area contributed by atoms with Crippen molar-refractivity contribution in [1.82, 2.24) is 4.31 Å². The van der Waals surface area contributed by atoms with E-state index in [1.807, 2.05) is 13.8 Å². The lowest BCUT2D eigenvalue weighted by Crippen LogP contribution is -2.34. The molecule has 1 unspecified atom stereocenters. The smallest absolute Gasteiger partial charge is 0.242 e. The third-order valence-electron chi connectivity index (χ3n) is 3.47. The zero-order valence-corrected chi connectivity index (χ0v) is 15.6. The van der Waals surface area contributed by atoms with Crippen LogP contribution < -0.4 is 10.5 Å². The van der Waals surface area contributed by atoms with Crippen molar-refractivity contribution in [3.05, 3.63) is 23.2 Å². The van der Waals surface area contributed by atoms with E-state index in [2.05, 4.69) is 0 Å².